The van der Waals surface area contributed by atoms with E-state index in [9.17, 15) is 4.79 Å². The number of nitrogens with one attached hydrogen (secondary N) is 2. The Morgan fingerprint density at radius 2 is 1.87 bits per heavy atom. The molecular weight excluding hydrogens is 288 g/mol. The number of carbonyl (C=O) groups is 1. The van der Waals surface area contributed by atoms with E-state index < -0.39 is 0 Å². The van der Waals surface area contributed by atoms with Crippen molar-refractivity contribution in [1.29, 1.82) is 0 Å². The normalized spacial score (nSPS) is 15.9. The summed E-state index contributed by atoms with van der Waals surface area (Å²) in [7, 11) is 1.70. The molecule has 4 heteroatoms. The summed E-state index contributed by atoms with van der Waals surface area (Å²) >= 11 is 0. The van der Waals surface area contributed by atoms with Crippen LogP contribution in [0.25, 0.3) is 0 Å². The first kappa shape index (κ1) is 17.8. The van der Waals surface area contributed by atoms with Crippen LogP contribution in [-0.2, 0) is 11.2 Å². The molecule has 1 saturated carbocycles. The number of carbonyl (C=O) groups excluding carboxylic acids is 1. The van der Waals surface area contributed by atoms with E-state index in [1.54, 1.807) is 7.11 Å². The van der Waals surface area contributed by atoms with Crippen molar-refractivity contribution in [2.75, 3.05) is 20.2 Å². The van der Waals surface area contributed by atoms with E-state index in [1.165, 1.54) is 31.2 Å². The highest BCUT2D eigenvalue weighted by Gasteiger charge is 2.14. The Morgan fingerprint density at radius 3 is 2.61 bits per heavy atom. The smallest absolute Gasteiger partial charge is 0.221 e. The summed E-state index contributed by atoms with van der Waals surface area (Å²) in [6, 6.07) is 8.47. The molecule has 0 heterocycles. The zero-order valence-electron chi connectivity index (χ0n) is 14.3. The molecular formula is C19H30N2O2. The lowest BCUT2D eigenvalue weighted by molar-refractivity contribution is -0.121. The molecule has 1 aromatic carbocycles. The first-order valence-corrected chi connectivity index (χ1v) is 8.91. The Labute approximate surface area is 140 Å². The van der Waals surface area contributed by atoms with Gasteiger partial charge in [-0.05, 0) is 37.4 Å². The summed E-state index contributed by atoms with van der Waals surface area (Å²) in [5.41, 5.74) is 1.20. The Bertz CT molecular complexity index is 468. The summed E-state index contributed by atoms with van der Waals surface area (Å²) in [6.45, 7) is 1.59. The first-order valence-electron chi connectivity index (χ1n) is 8.91. The van der Waals surface area contributed by atoms with E-state index >= 15 is 0 Å². The number of hydrogen-bond acceptors (Lipinski definition) is 3. The predicted molar refractivity (Wildman–Crippen MR) is 93.8 cm³/mol. The van der Waals surface area contributed by atoms with Crippen molar-refractivity contribution >= 4 is 5.91 Å². The second-order valence-electron chi connectivity index (χ2n) is 6.32. The van der Waals surface area contributed by atoms with Crippen LogP contribution in [0.15, 0.2) is 24.3 Å². The molecule has 0 bridgehead atoms. The average Bonchev–Trinajstić information content (AvgIpc) is 2.83. The number of amides is 1. The van der Waals surface area contributed by atoms with Crippen LogP contribution in [0.2, 0.25) is 0 Å². The van der Waals surface area contributed by atoms with E-state index in [0.717, 1.165) is 38.1 Å². The number of benzene rings is 1. The molecule has 1 aromatic rings. The van der Waals surface area contributed by atoms with Crippen molar-refractivity contribution in [3.05, 3.63) is 29.8 Å². The van der Waals surface area contributed by atoms with Crippen molar-refractivity contribution in [3.63, 3.8) is 0 Å². The molecule has 2 N–H and O–H groups in total. The predicted octanol–water partition coefficient (Wildman–Crippen LogP) is 3.06. The molecule has 0 aliphatic heterocycles. The number of methoxy groups -OCH3 is 1. The molecule has 0 unspecified atom stereocenters. The molecule has 0 saturated heterocycles. The minimum absolute atomic E-state index is 0.182. The summed E-state index contributed by atoms with van der Waals surface area (Å²) in [6.07, 6.45) is 8.90. The van der Waals surface area contributed by atoms with Crippen LogP contribution in [0.1, 0.15) is 50.5 Å². The second-order valence-corrected chi connectivity index (χ2v) is 6.32. The fourth-order valence-electron chi connectivity index (χ4n) is 3.18. The van der Waals surface area contributed by atoms with Gasteiger partial charge >= 0.3 is 0 Å². The molecule has 0 atom stereocenters. The van der Waals surface area contributed by atoms with E-state index in [2.05, 4.69) is 16.7 Å². The van der Waals surface area contributed by atoms with Gasteiger partial charge in [0.25, 0.3) is 0 Å². The molecule has 1 fully saturated rings. The van der Waals surface area contributed by atoms with Gasteiger partial charge in [0.1, 0.15) is 5.75 Å². The third-order valence-electron chi connectivity index (χ3n) is 4.51. The molecule has 1 aliphatic carbocycles. The third-order valence-corrected chi connectivity index (χ3v) is 4.51. The highest BCUT2D eigenvalue weighted by Crippen LogP contribution is 2.18. The minimum atomic E-state index is 0.182. The fourth-order valence-corrected chi connectivity index (χ4v) is 3.18. The monoisotopic (exact) mass is 318 g/mol. The van der Waals surface area contributed by atoms with Gasteiger partial charge in [-0.2, -0.15) is 0 Å². The summed E-state index contributed by atoms with van der Waals surface area (Å²) < 4.78 is 5.34. The molecule has 2 rings (SSSR count). The number of rotatable bonds is 8. The van der Waals surface area contributed by atoms with Gasteiger partial charge in [0.15, 0.2) is 0 Å². The van der Waals surface area contributed by atoms with Gasteiger partial charge in [-0.1, -0.05) is 43.9 Å². The first-order chi connectivity index (χ1) is 11.3. The van der Waals surface area contributed by atoms with Crippen LogP contribution < -0.4 is 15.4 Å². The Hall–Kier alpha value is -1.55. The standard InChI is InChI=1S/C19H30N2O2/c1-23-18-11-7-6-8-16(18)12-14-20-15-13-19(22)21-17-9-4-2-3-5-10-17/h6-8,11,17,20H,2-5,9-10,12-15H2,1H3,(H,21,22). The molecule has 1 aliphatic rings. The van der Waals surface area contributed by atoms with Gasteiger partial charge in [0.05, 0.1) is 7.11 Å². The van der Waals surface area contributed by atoms with Crippen LogP contribution in [0, 0.1) is 0 Å². The van der Waals surface area contributed by atoms with Crippen LogP contribution >= 0.6 is 0 Å². The van der Waals surface area contributed by atoms with Crippen LogP contribution in [0.5, 0.6) is 5.75 Å². The molecule has 23 heavy (non-hydrogen) atoms. The highest BCUT2D eigenvalue weighted by atomic mass is 16.5. The number of para-hydroxylation sites is 1. The average molecular weight is 318 g/mol. The van der Waals surface area contributed by atoms with Gasteiger partial charge in [-0.3, -0.25) is 4.79 Å². The van der Waals surface area contributed by atoms with E-state index in [4.69, 9.17) is 4.74 Å². The Kier molecular flexibility index (Phi) is 7.95. The third kappa shape index (κ3) is 6.61. The maximum atomic E-state index is 12.0. The van der Waals surface area contributed by atoms with E-state index in [1.807, 2.05) is 18.2 Å². The lowest BCUT2D eigenvalue weighted by Crippen LogP contribution is -2.36. The molecule has 0 aromatic heterocycles. The zero-order valence-corrected chi connectivity index (χ0v) is 14.3. The highest BCUT2D eigenvalue weighted by molar-refractivity contribution is 5.76. The second kappa shape index (κ2) is 10.3. The summed E-state index contributed by atoms with van der Waals surface area (Å²) in [5, 5.41) is 6.54. The van der Waals surface area contributed by atoms with Gasteiger partial charge in [0, 0.05) is 19.0 Å². The SMILES string of the molecule is COc1ccccc1CCNCCC(=O)NC1CCCCCC1. The van der Waals surface area contributed by atoms with Crippen LogP contribution in [-0.4, -0.2) is 32.1 Å². The quantitative estimate of drug-likeness (QED) is 0.572. The van der Waals surface area contributed by atoms with Crippen molar-refractivity contribution in [2.24, 2.45) is 0 Å². The van der Waals surface area contributed by atoms with Gasteiger partial charge in [0.2, 0.25) is 5.91 Å². The van der Waals surface area contributed by atoms with Crippen molar-refractivity contribution < 1.29 is 9.53 Å². The van der Waals surface area contributed by atoms with Gasteiger partial charge < -0.3 is 15.4 Å². The molecule has 0 radical (unpaired) electrons. The van der Waals surface area contributed by atoms with E-state index in [0.29, 0.717) is 12.5 Å². The minimum Gasteiger partial charge on any atom is -0.496 e. The molecule has 128 valence electrons. The number of hydrogen-bond donors (Lipinski definition) is 2. The molecule has 4 nitrogen and oxygen atoms in total. The van der Waals surface area contributed by atoms with Crippen molar-refractivity contribution in [3.8, 4) is 5.75 Å². The topological polar surface area (TPSA) is 50.4 Å². The zero-order chi connectivity index (χ0) is 16.3. The fraction of sp³-hybridized carbons (Fsp3) is 0.632. The Balaban J connectivity index is 1.58. The summed E-state index contributed by atoms with van der Waals surface area (Å²) in [5.74, 6) is 1.11. The van der Waals surface area contributed by atoms with Crippen molar-refractivity contribution in [2.45, 2.75) is 57.4 Å². The maximum absolute atomic E-state index is 12.0. The Morgan fingerprint density at radius 1 is 1.13 bits per heavy atom. The van der Waals surface area contributed by atoms with Crippen LogP contribution in [0.4, 0.5) is 0 Å². The number of ether oxygens (including phenoxy) is 1. The van der Waals surface area contributed by atoms with Gasteiger partial charge in [-0.15, -0.1) is 0 Å². The van der Waals surface area contributed by atoms with Crippen LogP contribution in [0.3, 0.4) is 0 Å². The lowest BCUT2D eigenvalue weighted by Gasteiger charge is -2.16. The van der Waals surface area contributed by atoms with Crippen molar-refractivity contribution in [1.82, 2.24) is 10.6 Å². The maximum Gasteiger partial charge on any atom is 0.221 e. The molecule has 0 spiro atoms. The summed E-state index contributed by atoms with van der Waals surface area (Å²) in [4.78, 5) is 12.0. The lowest BCUT2D eigenvalue weighted by atomic mass is 10.1. The largest absolute Gasteiger partial charge is 0.496 e. The van der Waals surface area contributed by atoms with E-state index in [-0.39, 0.29) is 5.91 Å². The van der Waals surface area contributed by atoms with Gasteiger partial charge in [-0.25, -0.2) is 0 Å². The molecule has 1 amide bonds.